The summed E-state index contributed by atoms with van der Waals surface area (Å²) >= 11 is 1.34. The van der Waals surface area contributed by atoms with Crippen molar-refractivity contribution >= 4 is 38.1 Å². The molecular formula is C27H24N4O4S2. The minimum absolute atomic E-state index is 0.100. The van der Waals surface area contributed by atoms with Crippen LogP contribution < -0.4 is 5.32 Å². The van der Waals surface area contributed by atoms with E-state index < -0.39 is 15.9 Å². The van der Waals surface area contributed by atoms with Crippen molar-refractivity contribution in [3.8, 4) is 22.4 Å². The Morgan fingerprint density at radius 1 is 1.03 bits per heavy atom. The highest BCUT2D eigenvalue weighted by atomic mass is 32.2. The van der Waals surface area contributed by atoms with E-state index in [2.05, 4.69) is 15.3 Å². The number of rotatable bonds is 7. The summed E-state index contributed by atoms with van der Waals surface area (Å²) in [6.45, 7) is 0.503. The molecule has 0 spiro atoms. The van der Waals surface area contributed by atoms with E-state index in [1.807, 2.05) is 41.8 Å². The van der Waals surface area contributed by atoms with E-state index in [0.717, 1.165) is 28.6 Å². The quantitative estimate of drug-likeness (QED) is 0.385. The van der Waals surface area contributed by atoms with Gasteiger partial charge in [0.25, 0.3) is 0 Å². The summed E-state index contributed by atoms with van der Waals surface area (Å²) in [7, 11) is -3.29. The average molecular weight is 533 g/mol. The Labute approximate surface area is 218 Å². The van der Waals surface area contributed by atoms with Gasteiger partial charge in [-0.05, 0) is 53.4 Å². The van der Waals surface area contributed by atoms with Gasteiger partial charge in [-0.15, -0.1) is 11.3 Å². The molecule has 3 heterocycles. The zero-order valence-corrected chi connectivity index (χ0v) is 21.6. The number of hydrogen-bond donors (Lipinski definition) is 1. The summed E-state index contributed by atoms with van der Waals surface area (Å²) in [5, 5.41) is 5.22. The molecule has 2 aromatic carbocycles. The van der Waals surface area contributed by atoms with Gasteiger partial charge < -0.3 is 10.2 Å². The third-order valence-corrected chi connectivity index (χ3v) is 8.14. The first kappa shape index (κ1) is 24.8. The van der Waals surface area contributed by atoms with Crippen LogP contribution in [0.1, 0.15) is 12.0 Å². The number of carbonyl (C=O) groups is 2. The Balaban J connectivity index is 1.21. The molecule has 1 unspecified atom stereocenters. The van der Waals surface area contributed by atoms with E-state index in [1.54, 1.807) is 29.4 Å². The maximum absolute atomic E-state index is 12.9. The minimum Gasteiger partial charge on any atom is -0.330 e. The number of thiazole rings is 1. The van der Waals surface area contributed by atoms with Gasteiger partial charge in [-0.2, -0.15) is 0 Å². The summed E-state index contributed by atoms with van der Waals surface area (Å²) in [4.78, 5) is 36.1. The smallest absolute Gasteiger partial charge is 0.249 e. The van der Waals surface area contributed by atoms with Gasteiger partial charge in [0.15, 0.2) is 15.0 Å². The third kappa shape index (κ3) is 5.60. The topological polar surface area (TPSA) is 109 Å². The van der Waals surface area contributed by atoms with E-state index >= 15 is 0 Å². The van der Waals surface area contributed by atoms with Gasteiger partial charge in [0.05, 0.1) is 17.0 Å². The Morgan fingerprint density at radius 2 is 1.76 bits per heavy atom. The third-order valence-electron chi connectivity index (χ3n) is 6.26. The molecule has 1 atom stereocenters. The molecule has 8 nitrogen and oxygen atoms in total. The van der Waals surface area contributed by atoms with Crippen molar-refractivity contribution in [2.45, 2.75) is 23.8 Å². The van der Waals surface area contributed by atoms with E-state index in [1.165, 1.54) is 23.5 Å². The van der Waals surface area contributed by atoms with E-state index in [-0.39, 0.29) is 23.1 Å². The number of hydrogen-bond acceptors (Lipinski definition) is 7. The van der Waals surface area contributed by atoms with Gasteiger partial charge in [-0.3, -0.25) is 14.6 Å². The molecule has 0 radical (unpaired) electrons. The summed E-state index contributed by atoms with van der Waals surface area (Å²) in [6, 6.07) is 17.6. The van der Waals surface area contributed by atoms with Crippen LogP contribution in [0.2, 0.25) is 0 Å². The number of carbonyl (C=O) groups excluding carboxylic acids is 2. The molecule has 4 aromatic rings. The van der Waals surface area contributed by atoms with Crippen LogP contribution in [0.5, 0.6) is 0 Å². The molecule has 0 bridgehead atoms. The lowest BCUT2D eigenvalue weighted by Crippen LogP contribution is -2.57. The highest BCUT2D eigenvalue weighted by Crippen LogP contribution is 2.29. The second-order valence-corrected chi connectivity index (χ2v) is 11.7. The predicted molar refractivity (Wildman–Crippen MR) is 143 cm³/mol. The van der Waals surface area contributed by atoms with E-state index in [4.69, 9.17) is 0 Å². The zero-order valence-electron chi connectivity index (χ0n) is 20.0. The molecule has 1 N–H and O–H groups in total. The number of anilines is 1. The van der Waals surface area contributed by atoms with Crippen molar-refractivity contribution < 1.29 is 18.0 Å². The largest absolute Gasteiger partial charge is 0.330 e. The summed E-state index contributed by atoms with van der Waals surface area (Å²) in [5.41, 5.74) is 4.50. The molecule has 37 heavy (non-hydrogen) atoms. The number of amides is 2. The lowest BCUT2D eigenvalue weighted by molar-refractivity contribution is -0.144. The molecule has 1 aliphatic rings. The van der Waals surface area contributed by atoms with Crippen LogP contribution in [0, 0.1) is 0 Å². The SMILES string of the molecule is CS(=O)(=O)c1ccc(CC(=O)N2CCC2C(=O)Nc2nc(-c3cccc(-c4ccncc4)c3)cs2)cc1. The van der Waals surface area contributed by atoms with Gasteiger partial charge >= 0.3 is 0 Å². The van der Waals surface area contributed by atoms with Crippen LogP contribution in [-0.2, 0) is 25.8 Å². The highest BCUT2D eigenvalue weighted by Gasteiger charge is 2.37. The molecule has 10 heteroatoms. The molecule has 5 rings (SSSR count). The minimum atomic E-state index is -3.29. The monoisotopic (exact) mass is 532 g/mol. The van der Waals surface area contributed by atoms with Gasteiger partial charge in [-0.25, -0.2) is 13.4 Å². The van der Waals surface area contributed by atoms with Gasteiger partial charge in [0, 0.05) is 36.1 Å². The highest BCUT2D eigenvalue weighted by molar-refractivity contribution is 7.90. The van der Waals surface area contributed by atoms with Gasteiger partial charge in [0.1, 0.15) is 6.04 Å². The average Bonchev–Trinajstić information content (AvgIpc) is 3.32. The lowest BCUT2D eigenvalue weighted by Gasteiger charge is -2.39. The molecular weight excluding hydrogens is 508 g/mol. The molecule has 0 saturated carbocycles. The van der Waals surface area contributed by atoms with Crippen molar-refractivity contribution in [2.24, 2.45) is 0 Å². The van der Waals surface area contributed by atoms with E-state index in [0.29, 0.717) is 23.7 Å². The summed E-state index contributed by atoms with van der Waals surface area (Å²) in [5.74, 6) is -0.440. The van der Waals surface area contributed by atoms with Crippen LogP contribution in [0.3, 0.4) is 0 Å². The first-order valence-corrected chi connectivity index (χ1v) is 14.4. The molecule has 1 fully saturated rings. The molecule has 2 amide bonds. The standard InChI is InChI=1S/C27H24N4O4S2/c1-37(34,35)22-7-5-18(6-8-22)15-25(32)31-14-11-24(31)26(33)30-27-29-23(17-36-27)21-4-2-3-20(16-21)19-9-12-28-13-10-19/h2-10,12-13,16-17,24H,11,14-15H2,1H3,(H,29,30,33). The number of likely N-dealkylation sites (tertiary alicyclic amines) is 1. The molecule has 1 saturated heterocycles. The van der Waals surface area contributed by atoms with E-state index in [9.17, 15) is 18.0 Å². The van der Waals surface area contributed by atoms with Gasteiger partial charge in [-0.1, -0.05) is 30.3 Å². The number of aromatic nitrogens is 2. The maximum atomic E-state index is 12.9. The first-order valence-electron chi connectivity index (χ1n) is 11.6. The Bertz CT molecular complexity index is 1550. The fourth-order valence-electron chi connectivity index (χ4n) is 4.14. The Kier molecular flexibility index (Phi) is 6.86. The molecule has 0 aliphatic carbocycles. The van der Waals surface area contributed by atoms with Crippen LogP contribution in [0.4, 0.5) is 5.13 Å². The van der Waals surface area contributed by atoms with Crippen molar-refractivity contribution in [1.29, 1.82) is 0 Å². The Morgan fingerprint density at radius 3 is 2.43 bits per heavy atom. The Hall–Kier alpha value is -3.89. The van der Waals surface area contributed by atoms with Crippen LogP contribution in [0.15, 0.2) is 83.3 Å². The van der Waals surface area contributed by atoms with Crippen LogP contribution in [-0.4, -0.2) is 53.9 Å². The zero-order chi connectivity index (χ0) is 26.0. The van der Waals surface area contributed by atoms with Crippen LogP contribution in [0.25, 0.3) is 22.4 Å². The molecule has 2 aromatic heterocycles. The first-order chi connectivity index (χ1) is 17.8. The fraction of sp³-hybridized carbons (Fsp3) is 0.185. The van der Waals surface area contributed by atoms with Crippen molar-refractivity contribution in [1.82, 2.24) is 14.9 Å². The number of sulfone groups is 1. The molecule has 188 valence electrons. The summed E-state index contributed by atoms with van der Waals surface area (Å²) in [6.07, 6.45) is 5.32. The second-order valence-electron chi connectivity index (χ2n) is 8.83. The molecule has 1 aliphatic heterocycles. The summed E-state index contributed by atoms with van der Waals surface area (Å²) < 4.78 is 23.3. The number of nitrogens with zero attached hydrogens (tertiary/aromatic N) is 3. The van der Waals surface area contributed by atoms with Crippen molar-refractivity contribution in [3.05, 3.63) is 84.0 Å². The predicted octanol–water partition coefficient (Wildman–Crippen LogP) is 4.06. The number of nitrogens with one attached hydrogen (secondary N) is 1. The second kappa shape index (κ2) is 10.2. The van der Waals surface area contributed by atoms with Crippen LogP contribution >= 0.6 is 11.3 Å². The number of benzene rings is 2. The fourth-order valence-corrected chi connectivity index (χ4v) is 5.50. The van der Waals surface area contributed by atoms with Crippen molar-refractivity contribution in [2.75, 3.05) is 18.1 Å². The van der Waals surface area contributed by atoms with Gasteiger partial charge in [0.2, 0.25) is 11.8 Å². The number of pyridine rings is 1. The van der Waals surface area contributed by atoms with Crippen molar-refractivity contribution in [3.63, 3.8) is 0 Å². The normalized spacial score (nSPS) is 15.2. The lowest BCUT2D eigenvalue weighted by atomic mass is 10.0. The maximum Gasteiger partial charge on any atom is 0.249 e.